The van der Waals surface area contributed by atoms with Crippen molar-refractivity contribution >= 4 is 44.7 Å². The fraction of sp³-hybridized carbons (Fsp3) is 0.0625. The van der Waals surface area contributed by atoms with Crippen LogP contribution in [0.25, 0.3) is 21.7 Å². The van der Waals surface area contributed by atoms with Crippen molar-refractivity contribution in [2.45, 2.75) is 0 Å². The molecule has 0 bridgehead atoms. The Hall–Kier alpha value is -2.04. The van der Waals surface area contributed by atoms with Gasteiger partial charge in [-0.2, -0.15) is 0 Å². The first-order valence-electron chi connectivity index (χ1n) is 6.11. The van der Waals surface area contributed by atoms with Gasteiger partial charge in [-0.05, 0) is 24.3 Å². The second kappa shape index (κ2) is 5.76. The van der Waals surface area contributed by atoms with Gasteiger partial charge in [0, 0.05) is 22.4 Å². The molecule has 0 aliphatic rings. The molecule has 0 spiro atoms. The molecule has 1 N–H and O–H groups in total. The highest BCUT2D eigenvalue weighted by Gasteiger charge is 2.08. The Morgan fingerprint density at radius 1 is 1.14 bits per heavy atom. The van der Waals surface area contributed by atoms with Gasteiger partial charge in [-0.25, -0.2) is 4.79 Å². The minimum absolute atomic E-state index is 0.0614. The minimum Gasteiger partial charge on any atom is -0.508 e. The molecule has 1 aromatic heterocycles. The van der Waals surface area contributed by atoms with Crippen molar-refractivity contribution in [2.24, 2.45) is 0 Å². The maximum Gasteiger partial charge on any atom is 0.344 e. The topological polar surface area (TPSA) is 59.7 Å². The zero-order valence-corrected chi connectivity index (χ0v) is 12.9. The van der Waals surface area contributed by atoms with Crippen LogP contribution in [0.2, 0.25) is 0 Å². The molecule has 0 amide bonds. The number of hydrogen-bond donors (Lipinski definition) is 1. The van der Waals surface area contributed by atoms with Crippen LogP contribution in [0.4, 0.5) is 0 Å². The quantitative estimate of drug-likeness (QED) is 0.299. The van der Waals surface area contributed by atoms with Crippen molar-refractivity contribution < 1.29 is 12.6 Å². The van der Waals surface area contributed by atoms with E-state index in [9.17, 15) is 9.90 Å². The van der Waals surface area contributed by atoms with Crippen molar-refractivity contribution in [2.75, 3.05) is 6.61 Å². The zero-order chi connectivity index (χ0) is 14.8. The van der Waals surface area contributed by atoms with Gasteiger partial charge in [-0.15, -0.1) is 0 Å². The molecule has 5 heteroatoms. The summed E-state index contributed by atoms with van der Waals surface area (Å²) in [6, 6.07) is 10.1. The van der Waals surface area contributed by atoms with Crippen LogP contribution in [0.5, 0.6) is 5.75 Å². The molecule has 1 heterocycles. The zero-order valence-electron chi connectivity index (χ0n) is 10.7. The van der Waals surface area contributed by atoms with Crippen molar-refractivity contribution in [3.05, 3.63) is 52.4 Å². The summed E-state index contributed by atoms with van der Waals surface area (Å²) in [5.41, 5.74) is 0.642. The number of fused-ring (bicyclic) bond motifs is 3. The largest absolute Gasteiger partial charge is 0.508 e. The molecule has 0 saturated heterocycles. The van der Waals surface area contributed by atoms with E-state index < -0.39 is 5.63 Å². The van der Waals surface area contributed by atoms with E-state index in [-0.39, 0.29) is 5.75 Å². The number of phenolic OH excluding ortho intramolecular Hbond substituents is 1. The van der Waals surface area contributed by atoms with E-state index in [1.54, 1.807) is 41.2 Å². The Morgan fingerprint density at radius 3 is 2.76 bits per heavy atom. The molecule has 0 aliphatic carbocycles. The molecule has 0 saturated carbocycles. The molecule has 2 aromatic carbocycles. The van der Waals surface area contributed by atoms with Gasteiger partial charge >= 0.3 is 5.63 Å². The Morgan fingerprint density at radius 2 is 1.95 bits per heavy atom. The average molecular weight is 392 g/mol. The maximum absolute atomic E-state index is 12.1. The van der Waals surface area contributed by atoms with Gasteiger partial charge in [0.25, 0.3) is 0 Å². The first kappa shape index (κ1) is 13.9. The summed E-state index contributed by atoms with van der Waals surface area (Å²) in [4.78, 5) is 12.1. The lowest BCUT2D eigenvalue weighted by molar-refractivity contribution is 0.473. The molecule has 104 valence electrons. The first-order valence-corrected chi connectivity index (χ1v) is 6.99. The van der Waals surface area contributed by atoms with Crippen LogP contribution in [-0.2, 0) is 3.07 Å². The summed E-state index contributed by atoms with van der Waals surface area (Å²) in [7, 11) is 0. The van der Waals surface area contributed by atoms with Crippen molar-refractivity contribution in [1.82, 2.24) is 0 Å². The Kier molecular flexibility index (Phi) is 3.82. The third-order valence-electron chi connectivity index (χ3n) is 3.06. The fourth-order valence-electron chi connectivity index (χ4n) is 2.16. The first-order chi connectivity index (χ1) is 10.2. The van der Waals surface area contributed by atoms with Crippen LogP contribution in [0, 0.1) is 11.8 Å². The lowest BCUT2D eigenvalue weighted by Crippen LogP contribution is -2.00. The fourth-order valence-corrected chi connectivity index (χ4v) is 2.32. The van der Waals surface area contributed by atoms with Crippen LogP contribution in [0.15, 0.2) is 45.6 Å². The molecule has 0 radical (unpaired) electrons. The van der Waals surface area contributed by atoms with Crippen molar-refractivity contribution in [3.8, 4) is 17.6 Å². The molecule has 21 heavy (non-hydrogen) atoms. The van der Waals surface area contributed by atoms with E-state index in [1.807, 2.05) is 12.1 Å². The second-order valence-corrected chi connectivity index (χ2v) is 5.01. The highest BCUT2D eigenvalue weighted by atomic mass is 127. The van der Waals surface area contributed by atoms with Gasteiger partial charge in [-0.1, -0.05) is 17.9 Å². The van der Waals surface area contributed by atoms with Gasteiger partial charge in [0.05, 0.1) is 5.39 Å². The molecule has 3 rings (SSSR count). The van der Waals surface area contributed by atoms with Gasteiger partial charge in [0.1, 0.15) is 40.9 Å². The smallest absolute Gasteiger partial charge is 0.344 e. The van der Waals surface area contributed by atoms with Gasteiger partial charge in [-0.3, -0.25) is 0 Å². The monoisotopic (exact) mass is 392 g/mol. The Labute approximate surface area is 134 Å². The average Bonchev–Trinajstić information content (AvgIpc) is 2.47. The van der Waals surface area contributed by atoms with E-state index in [1.165, 1.54) is 6.07 Å². The normalized spacial score (nSPS) is 10.5. The van der Waals surface area contributed by atoms with Gasteiger partial charge < -0.3 is 12.6 Å². The number of benzene rings is 2. The standard InChI is InChI=1S/C16H9IO4/c17-20-7-1-2-10-3-5-12-13-6-4-11(18)9-15(13)21-16(19)14(12)8-10/h3-6,8-9,18H,7H2. The number of halogens is 1. The maximum atomic E-state index is 12.1. The predicted molar refractivity (Wildman–Crippen MR) is 88.5 cm³/mol. The van der Waals surface area contributed by atoms with Crippen LogP contribution >= 0.6 is 23.0 Å². The predicted octanol–water partition coefficient (Wildman–Crippen LogP) is 3.37. The number of rotatable bonds is 1. The van der Waals surface area contributed by atoms with E-state index in [2.05, 4.69) is 11.8 Å². The number of hydrogen-bond acceptors (Lipinski definition) is 4. The van der Waals surface area contributed by atoms with Crippen molar-refractivity contribution in [1.29, 1.82) is 0 Å². The van der Waals surface area contributed by atoms with E-state index in [0.717, 1.165) is 16.3 Å². The molecule has 4 nitrogen and oxygen atoms in total. The van der Waals surface area contributed by atoms with Crippen LogP contribution < -0.4 is 5.63 Å². The van der Waals surface area contributed by atoms with E-state index >= 15 is 0 Å². The summed E-state index contributed by atoms with van der Waals surface area (Å²) in [5, 5.41) is 11.5. The summed E-state index contributed by atoms with van der Waals surface area (Å²) in [6.07, 6.45) is 0. The lowest BCUT2D eigenvalue weighted by Gasteiger charge is -2.03. The SMILES string of the molecule is O=c1oc2cc(O)ccc2c2ccc(C#CCOI)cc12. The molecule has 3 aromatic rings. The number of aromatic hydroxyl groups is 1. The molecule has 0 unspecified atom stereocenters. The minimum atomic E-state index is -0.447. The van der Waals surface area contributed by atoms with Gasteiger partial charge in [0.15, 0.2) is 0 Å². The Bertz CT molecular complexity index is 947. The molecular weight excluding hydrogens is 383 g/mol. The molecular formula is C16H9IO4. The second-order valence-electron chi connectivity index (χ2n) is 4.39. The summed E-state index contributed by atoms with van der Waals surface area (Å²) >= 11 is 1.77. The summed E-state index contributed by atoms with van der Waals surface area (Å²) in [5.74, 6) is 5.82. The highest BCUT2D eigenvalue weighted by molar-refractivity contribution is 14.1. The van der Waals surface area contributed by atoms with E-state index in [4.69, 9.17) is 7.48 Å². The summed E-state index contributed by atoms with van der Waals surface area (Å²) in [6.45, 7) is 0.324. The molecule has 0 fully saturated rings. The van der Waals surface area contributed by atoms with Crippen molar-refractivity contribution in [3.63, 3.8) is 0 Å². The van der Waals surface area contributed by atoms with Crippen LogP contribution in [-0.4, -0.2) is 11.7 Å². The molecule has 0 aliphatic heterocycles. The molecule has 0 atom stereocenters. The third-order valence-corrected chi connectivity index (χ3v) is 3.37. The van der Waals surface area contributed by atoms with Crippen LogP contribution in [0.3, 0.4) is 0 Å². The van der Waals surface area contributed by atoms with Gasteiger partial charge in [0.2, 0.25) is 0 Å². The Balaban J connectivity index is 2.26. The summed E-state index contributed by atoms with van der Waals surface area (Å²) < 4.78 is 10.1. The lowest BCUT2D eigenvalue weighted by atomic mass is 10.0. The van der Waals surface area contributed by atoms with Crippen LogP contribution in [0.1, 0.15) is 5.56 Å². The van der Waals surface area contributed by atoms with E-state index in [0.29, 0.717) is 17.6 Å². The third kappa shape index (κ3) is 2.73. The number of phenols is 1. The highest BCUT2D eigenvalue weighted by Crippen LogP contribution is 2.26.